The quantitative estimate of drug-likeness (QED) is 0.728. The van der Waals surface area contributed by atoms with Crippen LogP contribution in [0.1, 0.15) is 28.8 Å². The van der Waals surface area contributed by atoms with Crippen LogP contribution in [0.4, 0.5) is 10.5 Å². The number of amides is 2. The lowest BCUT2D eigenvalue weighted by Gasteiger charge is -2.28. The molecule has 5 rings (SSSR count). The Hall–Kier alpha value is -3.08. The summed E-state index contributed by atoms with van der Waals surface area (Å²) >= 11 is 0. The Morgan fingerprint density at radius 2 is 1.96 bits per heavy atom. The van der Waals surface area contributed by atoms with Gasteiger partial charge in [-0.3, -0.25) is 0 Å². The topological polar surface area (TPSA) is 50.2 Å². The molecule has 0 saturated carbocycles. The van der Waals surface area contributed by atoms with Gasteiger partial charge in [0.1, 0.15) is 5.82 Å². The third-order valence-electron chi connectivity index (χ3n) is 5.47. The summed E-state index contributed by atoms with van der Waals surface area (Å²) in [7, 11) is 0. The standard InChI is InChI=1S/C21H20N4O/c1-14-5-4-6-15(11-14)23-21(26)24-12-17-16-7-2-3-8-19(16)25-10-9-22-20(25)18(17)13-24/h2-11,17-18H,12-13H2,1H3,(H,23,26)/t17-,18-/m0/s1. The number of imidazole rings is 1. The van der Waals surface area contributed by atoms with Crippen molar-refractivity contribution >= 4 is 11.7 Å². The number of para-hydroxylation sites is 1. The first-order chi connectivity index (χ1) is 12.7. The van der Waals surface area contributed by atoms with Crippen molar-refractivity contribution < 1.29 is 4.79 Å². The summed E-state index contributed by atoms with van der Waals surface area (Å²) in [6, 6.07) is 16.3. The summed E-state index contributed by atoms with van der Waals surface area (Å²) in [5.41, 5.74) is 4.46. The van der Waals surface area contributed by atoms with Gasteiger partial charge in [0.05, 0.1) is 5.69 Å². The van der Waals surface area contributed by atoms with Gasteiger partial charge in [0.15, 0.2) is 0 Å². The highest BCUT2D eigenvalue weighted by Crippen LogP contribution is 2.45. The van der Waals surface area contributed by atoms with Crippen molar-refractivity contribution in [3.63, 3.8) is 0 Å². The second-order valence-corrected chi connectivity index (χ2v) is 7.13. The number of nitrogens with zero attached hydrogens (tertiary/aromatic N) is 3. The molecule has 0 bridgehead atoms. The van der Waals surface area contributed by atoms with Crippen LogP contribution in [0, 0.1) is 6.92 Å². The lowest BCUT2D eigenvalue weighted by molar-refractivity contribution is 0.221. The highest BCUT2D eigenvalue weighted by molar-refractivity contribution is 5.89. The number of urea groups is 1. The van der Waals surface area contributed by atoms with E-state index in [1.165, 1.54) is 11.3 Å². The van der Waals surface area contributed by atoms with Crippen LogP contribution in [-0.2, 0) is 0 Å². The number of nitrogens with one attached hydrogen (secondary N) is 1. The van der Waals surface area contributed by atoms with Crippen molar-refractivity contribution in [3.8, 4) is 5.69 Å². The van der Waals surface area contributed by atoms with Crippen molar-refractivity contribution in [2.45, 2.75) is 18.8 Å². The Balaban J connectivity index is 1.44. The van der Waals surface area contributed by atoms with E-state index in [0.717, 1.165) is 17.1 Å². The monoisotopic (exact) mass is 344 g/mol. The second-order valence-electron chi connectivity index (χ2n) is 7.13. The molecule has 1 saturated heterocycles. The largest absolute Gasteiger partial charge is 0.323 e. The zero-order valence-electron chi connectivity index (χ0n) is 14.6. The lowest BCUT2D eigenvalue weighted by Crippen LogP contribution is -2.33. The van der Waals surface area contributed by atoms with Gasteiger partial charge < -0.3 is 14.8 Å². The SMILES string of the molecule is Cc1cccc(NC(=O)N2C[C@@H]3c4nccn4-c4ccccc4[C@@H]3C2)c1. The molecule has 2 aliphatic rings. The molecule has 0 aliphatic carbocycles. The van der Waals surface area contributed by atoms with Crippen molar-refractivity contribution in [2.75, 3.05) is 18.4 Å². The summed E-state index contributed by atoms with van der Waals surface area (Å²) in [6.45, 7) is 3.43. The number of rotatable bonds is 1. The number of hydrogen-bond acceptors (Lipinski definition) is 2. The van der Waals surface area contributed by atoms with Crippen molar-refractivity contribution in [2.24, 2.45) is 0 Å². The van der Waals surface area contributed by atoms with Gasteiger partial charge in [0.2, 0.25) is 0 Å². The molecule has 2 amide bonds. The van der Waals surface area contributed by atoms with Gasteiger partial charge in [0.25, 0.3) is 0 Å². The van der Waals surface area contributed by atoms with Crippen LogP contribution in [0.15, 0.2) is 60.9 Å². The van der Waals surface area contributed by atoms with Gasteiger partial charge in [-0.05, 0) is 36.2 Å². The maximum atomic E-state index is 12.8. The molecule has 1 N–H and O–H groups in total. The second kappa shape index (κ2) is 5.73. The van der Waals surface area contributed by atoms with E-state index in [0.29, 0.717) is 19.0 Å². The smallest absolute Gasteiger partial charge is 0.321 e. The highest BCUT2D eigenvalue weighted by atomic mass is 16.2. The van der Waals surface area contributed by atoms with Gasteiger partial charge in [-0.2, -0.15) is 0 Å². The number of fused-ring (bicyclic) bond motifs is 6. The first kappa shape index (κ1) is 15.2. The molecule has 26 heavy (non-hydrogen) atoms. The molecule has 3 aromatic rings. The van der Waals surface area contributed by atoms with Crippen molar-refractivity contribution in [1.82, 2.24) is 14.5 Å². The molecule has 0 radical (unpaired) electrons. The van der Waals surface area contributed by atoms with Crippen molar-refractivity contribution in [3.05, 3.63) is 77.9 Å². The molecule has 5 heteroatoms. The predicted molar refractivity (Wildman–Crippen MR) is 101 cm³/mol. The minimum Gasteiger partial charge on any atom is -0.323 e. The Morgan fingerprint density at radius 1 is 1.12 bits per heavy atom. The molecular formula is C21H20N4O. The first-order valence-corrected chi connectivity index (χ1v) is 8.96. The van der Waals surface area contributed by atoms with Crippen LogP contribution in [0.2, 0.25) is 0 Å². The van der Waals surface area contributed by atoms with E-state index >= 15 is 0 Å². The summed E-state index contributed by atoms with van der Waals surface area (Å²) < 4.78 is 2.17. The van der Waals surface area contributed by atoms with Gasteiger partial charge in [-0.15, -0.1) is 0 Å². The molecule has 1 fully saturated rings. The van der Waals surface area contributed by atoms with E-state index in [-0.39, 0.29) is 11.9 Å². The third-order valence-corrected chi connectivity index (χ3v) is 5.47. The number of carbonyl (C=O) groups excluding carboxylic acids is 1. The summed E-state index contributed by atoms with van der Waals surface area (Å²) in [4.78, 5) is 19.3. The summed E-state index contributed by atoms with van der Waals surface area (Å²) in [5, 5.41) is 3.04. The number of anilines is 1. The van der Waals surface area contributed by atoms with Crippen LogP contribution in [0.3, 0.4) is 0 Å². The molecule has 2 aromatic carbocycles. The molecule has 3 heterocycles. The number of aryl methyl sites for hydroxylation is 1. The lowest BCUT2D eigenvalue weighted by atomic mass is 9.84. The highest BCUT2D eigenvalue weighted by Gasteiger charge is 2.43. The Kier molecular flexibility index (Phi) is 3.35. The minimum absolute atomic E-state index is 0.0411. The van der Waals surface area contributed by atoms with E-state index in [9.17, 15) is 4.79 Å². The third kappa shape index (κ3) is 2.31. The van der Waals surface area contributed by atoms with Crippen LogP contribution >= 0.6 is 0 Å². The average molecular weight is 344 g/mol. The number of likely N-dealkylation sites (tertiary alicyclic amines) is 1. The summed E-state index contributed by atoms with van der Waals surface area (Å²) in [6.07, 6.45) is 3.86. The molecule has 2 aliphatic heterocycles. The number of carbonyl (C=O) groups is 1. The van der Waals surface area contributed by atoms with Crippen molar-refractivity contribution in [1.29, 1.82) is 0 Å². The molecule has 2 atom stereocenters. The van der Waals surface area contributed by atoms with E-state index in [1.807, 2.05) is 48.5 Å². The number of aromatic nitrogens is 2. The molecule has 1 aromatic heterocycles. The van der Waals surface area contributed by atoms with E-state index in [2.05, 4.69) is 39.1 Å². The zero-order valence-corrected chi connectivity index (χ0v) is 14.6. The Bertz CT molecular complexity index is 993. The first-order valence-electron chi connectivity index (χ1n) is 8.96. The van der Waals surface area contributed by atoms with Crippen LogP contribution in [0.25, 0.3) is 5.69 Å². The maximum Gasteiger partial charge on any atom is 0.321 e. The molecular weight excluding hydrogens is 324 g/mol. The normalized spacial score (nSPS) is 20.3. The van der Waals surface area contributed by atoms with Gasteiger partial charge in [-0.25, -0.2) is 9.78 Å². The van der Waals surface area contributed by atoms with Crippen LogP contribution < -0.4 is 5.32 Å². The molecule has 130 valence electrons. The predicted octanol–water partition coefficient (Wildman–Crippen LogP) is 3.91. The van der Waals surface area contributed by atoms with E-state index in [1.54, 1.807) is 0 Å². The zero-order chi connectivity index (χ0) is 17.7. The molecule has 5 nitrogen and oxygen atoms in total. The van der Waals surface area contributed by atoms with E-state index < -0.39 is 0 Å². The fraction of sp³-hybridized carbons (Fsp3) is 0.238. The van der Waals surface area contributed by atoms with Gasteiger partial charge in [-0.1, -0.05) is 30.3 Å². The Labute approximate surface area is 152 Å². The van der Waals surface area contributed by atoms with Gasteiger partial charge in [0, 0.05) is 43.0 Å². The van der Waals surface area contributed by atoms with Gasteiger partial charge >= 0.3 is 6.03 Å². The fourth-order valence-electron chi connectivity index (χ4n) is 4.29. The maximum absolute atomic E-state index is 12.8. The van der Waals surface area contributed by atoms with Crippen LogP contribution in [-0.4, -0.2) is 33.6 Å². The number of hydrogen-bond donors (Lipinski definition) is 1. The van der Waals surface area contributed by atoms with E-state index in [4.69, 9.17) is 0 Å². The fourth-order valence-corrected chi connectivity index (χ4v) is 4.29. The average Bonchev–Trinajstić information content (AvgIpc) is 3.29. The summed E-state index contributed by atoms with van der Waals surface area (Å²) in [5.74, 6) is 1.59. The number of benzene rings is 2. The minimum atomic E-state index is -0.0411. The molecule has 0 unspecified atom stereocenters. The van der Waals surface area contributed by atoms with Crippen LogP contribution in [0.5, 0.6) is 0 Å². The Morgan fingerprint density at radius 3 is 2.85 bits per heavy atom. The molecule has 0 spiro atoms.